The van der Waals surface area contributed by atoms with Crippen molar-refractivity contribution in [3.05, 3.63) is 18.7 Å². The van der Waals surface area contributed by atoms with Gasteiger partial charge in [-0.3, -0.25) is 4.79 Å². The van der Waals surface area contributed by atoms with Crippen LogP contribution in [0.25, 0.3) is 0 Å². The minimum Gasteiger partial charge on any atom is -0.480 e. The van der Waals surface area contributed by atoms with Gasteiger partial charge in [-0.05, 0) is 12.8 Å². The summed E-state index contributed by atoms with van der Waals surface area (Å²) in [6.07, 6.45) is 6.62. The van der Waals surface area contributed by atoms with Gasteiger partial charge in [-0.15, -0.1) is 0 Å². The van der Waals surface area contributed by atoms with Crippen molar-refractivity contribution in [2.75, 3.05) is 18.8 Å². The van der Waals surface area contributed by atoms with Crippen molar-refractivity contribution in [3.8, 4) is 0 Å². The number of aliphatic carboxylic acids is 1. The molecule has 3 N–H and O–H groups in total. The number of carboxylic acid groups (broad SMARTS) is 1. The van der Waals surface area contributed by atoms with Crippen LogP contribution in [0.4, 0.5) is 0 Å². The molecule has 0 bridgehead atoms. The highest BCUT2D eigenvalue weighted by Gasteiger charge is 2.31. The van der Waals surface area contributed by atoms with Gasteiger partial charge in [-0.25, -0.2) is 17.7 Å². The summed E-state index contributed by atoms with van der Waals surface area (Å²) in [6, 6.07) is -1.15. The summed E-state index contributed by atoms with van der Waals surface area (Å²) in [4.78, 5) is 14.6. The normalized spacial score (nSPS) is 19.9. The van der Waals surface area contributed by atoms with Crippen LogP contribution in [-0.4, -0.2) is 58.2 Å². The molecule has 1 aromatic rings. The van der Waals surface area contributed by atoms with E-state index in [9.17, 15) is 13.2 Å². The molecule has 2 heterocycles. The van der Waals surface area contributed by atoms with E-state index in [0.717, 1.165) is 0 Å². The number of hydrogen-bond donors (Lipinski definition) is 2. The van der Waals surface area contributed by atoms with Crippen molar-refractivity contribution in [1.82, 2.24) is 13.9 Å². The van der Waals surface area contributed by atoms with Crippen molar-refractivity contribution in [2.45, 2.75) is 24.9 Å². The van der Waals surface area contributed by atoms with E-state index in [4.69, 9.17) is 10.8 Å². The van der Waals surface area contributed by atoms with Crippen LogP contribution in [0.1, 0.15) is 18.9 Å². The van der Waals surface area contributed by atoms with Crippen molar-refractivity contribution in [3.63, 3.8) is 0 Å². The third-order valence-electron chi connectivity index (χ3n) is 3.47. The molecule has 1 aromatic heterocycles. The molecule has 1 fully saturated rings. The summed E-state index contributed by atoms with van der Waals surface area (Å²) in [5.41, 5.74) is 5.30. The van der Waals surface area contributed by atoms with Gasteiger partial charge in [0.25, 0.3) is 0 Å². The maximum absolute atomic E-state index is 12.1. The first-order chi connectivity index (χ1) is 9.40. The Morgan fingerprint density at radius 1 is 1.45 bits per heavy atom. The third kappa shape index (κ3) is 3.35. The minimum atomic E-state index is -3.62. The van der Waals surface area contributed by atoms with Crippen LogP contribution >= 0.6 is 0 Å². The molecule has 0 unspecified atom stereocenters. The van der Waals surface area contributed by atoms with E-state index in [1.807, 2.05) is 10.8 Å². The highest BCUT2D eigenvalue weighted by atomic mass is 32.2. The van der Waals surface area contributed by atoms with E-state index in [2.05, 4.69) is 4.98 Å². The lowest BCUT2D eigenvalue weighted by Gasteiger charge is -2.32. The largest absolute Gasteiger partial charge is 0.480 e. The SMILES string of the molecule is N[C@@H](CS(=O)(=O)N1CCC(n2ccnc2)CC1)C(=O)O. The van der Waals surface area contributed by atoms with Crippen molar-refractivity contribution in [2.24, 2.45) is 5.73 Å². The number of rotatable bonds is 5. The molecule has 0 radical (unpaired) electrons. The van der Waals surface area contributed by atoms with Gasteiger partial charge in [0.1, 0.15) is 6.04 Å². The molecule has 8 nitrogen and oxygen atoms in total. The maximum atomic E-state index is 12.1. The van der Waals surface area contributed by atoms with Gasteiger partial charge in [0, 0.05) is 31.5 Å². The lowest BCUT2D eigenvalue weighted by Crippen LogP contribution is -2.46. The number of nitrogens with two attached hydrogens (primary N) is 1. The van der Waals surface area contributed by atoms with Crippen LogP contribution in [0.15, 0.2) is 18.7 Å². The van der Waals surface area contributed by atoms with Gasteiger partial charge in [-0.2, -0.15) is 0 Å². The Kier molecular flexibility index (Phi) is 4.41. The van der Waals surface area contributed by atoms with Crippen molar-refractivity contribution < 1.29 is 18.3 Å². The van der Waals surface area contributed by atoms with Crippen LogP contribution in [0.3, 0.4) is 0 Å². The van der Waals surface area contributed by atoms with E-state index in [1.165, 1.54) is 4.31 Å². The molecule has 0 spiro atoms. The van der Waals surface area contributed by atoms with Gasteiger partial charge >= 0.3 is 5.97 Å². The second-order valence-corrected chi connectivity index (χ2v) is 6.88. The monoisotopic (exact) mass is 302 g/mol. The summed E-state index contributed by atoms with van der Waals surface area (Å²) in [6.45, 7) is 0.745. The molecular weight excluding hydrogens is 284 g/mol. The molecule has 1 saturated heterocycles. The van der Waals surface area contributed by atoms with Gasteiger partial charge in [0.05, 0.1) is 12.1 Å². The molecule has 9 heteroatoms. The first-order valence-electron chi connectivity index (χ1n) is 6.34. The number of imidazole rings is 1. The molecule has 112 valence electrons. The number of carbonyl (C=O) groups is 1. The van der Waals surface area contributed by atoms with E-state index in [0.29, 0.717) is 25.9 Å². The highest BCUT2D eigenvalue weighted by molar-refractivity contribution is 7.89. The highest BCUT2D eigenvalue weighted by Crippen LogP contribution is 2.24. The number of nitrogens with zero attached hydrogens (tertiary/aromatic N) is 3. The molecule has 2 rings (SSSR count). The molecule has 20 heavy (non-hydrogen) atoms. The summed E-state index contributed by atoms with van der Waals surface area (Å²) in [7, 11) is -3.62. The number of aromatic nitrogens is 2. The second kappa shape index (κ2) is 5.90. The number of piperidine rings is 1. The fourth-order valence-electron chi connectivity index (χ4n) is 2.31. The van der Waals surface area contributed by atoms with Crippen molar-refractivity contribution in [1.29, 1.82) is 0 Å². The summed E-state index contributed by atoms with van der Waals surface area (Å²) in [5.74, 6) is -1.86. The molecule has 1 atom stereocenters. The molecule has 0 saturated carbocycles. The number of hydrogen-bond acceptors (Lipinski definition) is 5. The first-order valence-corrected chi connectivity index (χ1v) is 7.95. The zero-order valence-corrected chi connectivity index (χ0v) is 11.7. The number of sulfonamides is 1. The lowest BCUT2D eigenvalue weighted by molar-refractivity contribution is -0.137. The Labute approximate surface area is 117 Å². The van der Waals surface area contributed by atoms with Crippen LogP contribution in [0.2, 0.25) is 0 Å². The Morgan fingerprint density at radius 2 is 2.10 bits per heavy atom. The smallest absolute Gasteiger partial charge is 0.321 e. The quantitative estimate of drug-likeness (QED) is 0.739. The van der Waals surface area contributed by atoms with Crippen molar-refractivity contribution >= 4 is 16.0 Å². The zero-order chi connectivity index (χ0) is 14.8. The fourth-order valence-corrected chi connectivity index (χ4v) is 3.88. The molecule has 0 aliphatic carbocycles. The van der Waals surface area contributed by atoms with Crippen LogP contribution in [-0.2, 0) is 14.8 Å². The topological polar surface area (TPSA) is 119 Å². The fraction of sp³-hybridized carbons (Fsp3) is 0.636. The van der Waals surface area contributed by atoms with Crippen LogP contribution in [0, 0.1) is 0 Å². The Morgan fingerprint density at radius 3 is 2.60 bits per heavy atom. The molecule has 1 aliphatic rings. The van der Waals surface area contributed by atoms with Gasteiger partial charge in [-0.1, -0.05) is 0 Å². The Balaban J connectivity index is 1.94. The zero-order valence-electron chi connectivity index (χ0n) is 10.9. The van der Waals surface area contributed by atoms with Gasteiger partial charge < -0.3 is 15.4 Å². The summed E-state index contributed by atoms with van der Waals surface area (Å²) in [5, 5.41) is 8.69. The molecule has 0 amide bonds. The average Bonchev–Trinajstić information content (AvgIpc) is 2.92. The molecule has 0 aromatic carbocycles. The Hall–Kier alpha value is -1.45. The lowest BCUT2D eigenvalue weighted by atomic mass is 10.1. The number of carboxylic acids is 1. The van der Waals surface area contributed by atoms with E-state index in [1.54, 1.807) is 12.5 Å². The maximum Gasteiger partial charge on any atom is 0.321 e. The molecular formula is C11H18N4O4S. The first kappa shape index (κ1) is 14.9. The summed E-state index contributed by atoms with van der Waals surface area (Å²) < 4.78 is 27.4. The van der Waals surface area contributed by atoms with Crippen LogP contribution < -0.4 is 5.73 Å². The predicted molar refractivity (Wildman–Crippen MR) is 71.5 cm³/mol. The average molecular weight is 302 g/mol. The standard InChI is InChI=1S/C11H18N4O4S/c12-10(11(16)17)7-20(18,19)15-4-1-9(2-5-15)14-6-3-13-8-14/h3,6,8-10H,1-2,4-5,7,12H2,(H,16,17)/t10-/m0/s1. The third-order valence-corrected chi connectivity index (χ3v) is 5.40. The van der Waals surface area contributed by atoms with E-state index < -0.39 is 27.8 Å². The predicted octanol–water partition coefficient (Wildman–Crippen LogP) is -0.738. The van der Waals surface area contributed by atoms with E-state index in [-0.39, 0.29) is 6.04 Å². The van der Waals surface area contributed by atoms with Crippen LogP contribution in [0.5, 0.6) is 0 Å². The second-order valence-electron chi connectivity index (χ2n) is 4.86. The summed E-state index contributed by atoms with van der Waals surface area (Å²) >= 11 is 0. The van der Waals surface area contributed by atoms with Gasteiger partial charge in [0.15, 0.2) is 0 Å². The van der Waals surface area contributed by atoms with E-state index >= 15 is 0 Å². The van der Waals surface area contributed by atoms with Gasteiger partial charge in [0.2, 0.25) is 10.0 Å². The minimum absolute atomic E-state index is 0.233. The molecule has 1 aliphatic heterocycles. The Bertz CT molecular complexity index is 549.